The Morgan fingerprint density at radius 3 is 2.61 bits per heavy atom. The average molecular weight is 376 g/mol. The second-order valence-electron chi connectivity index (χ2n) is 8.34. The third kappa shape index (κ3) is 3.32. The normalized spacial score (nSPS) is 15.4. The van der Waals surface area contributed by atoms with Crippen LogP contribution in [0.1, 0.15) is 57.0 Å². The average Bonchev–Trinajstić information content (AvgIpc) is 3.18. The number of aryl methyl sites for hydroxylation is 2. The van der Waals surface area contributed by atoms with Crippen molar-refractivity contribution in [2.24, 2.45) is 0 Å². The van der Waals surface area contributed by atoms with Crippen LogP contribution in [0.25, 0.3) is 11.0 Å². The molecule has 1 aliphatic rings. The van der Waals surface area contributed by atoms with Gasteiger partial charge in [0.15, 0.2) is 0 Å². The molecule has 0 saturated carbocycles. The fraction of sp³-hybridized carbons (Fsp3) is 0.417. The Hall–Kier alpha value is -2.62. The van der Waals surface area contributed by atoms with Crippen molar-refractivity contribution in [2.45, 2.75) is 58.3 Å². The van der Waals surface area contributed by atoms with Crippen molar-refractivity contribution in [3.05, 3.63) is 59.4 Å². The standard InChI is InChI=1S/C24H29N3O/c1-4-5-9-14-27-21-16-20-19(15-18(21)24(2,3)23(27)28)25-22(26-20)13-12-17-10-7-6-8-11-17/h6-8,10-11,15-16H,4-5,9,12-14H2,1-3H3,(H,25,26). The lowest BCUT2D eigenvalue weighted by molar-refractivity contribution is -0.122. The maximum atomic E-state index is 13.0. The first-order valence-electron chi connectivity index (χ1n) is 10.4. The minimum atomic E-state index is -0.481. The maximum Gasteiger partial charge on any atom is 0.237 e. The van der Waals surface area contributed by atoms with E-state index in [-0.39, 0.29) is 5.91 Å². The van der Waals surface area contributed by atoms with Gasteiger partial charge in [-0.2, -0.15) is 0 Å². The fourth-order valence-electron chi connectivity index (χ4n) is 4.15. The molecule has 0 spiro atoms. The van der Waals surface area contributed by atoms with Crippen LogP contribution in [-0.4, -0.2) is 22.4 Å². The zero-order valence-electron chi connectivity index (χ0n) is 17.1. The van der Waals surface area contributed by atoms with Gasteiger partial charge in [-0.15, -0.1) is 0 Å². The van der Waals surface area contributed by atoms with Crippen LogP contribution in [0.4, 0.5) is 5.69 Å². The molecule has 1 N–H and O–H groups in total. The number of aromatic amines is 1. The lowest BCUT2D eigenvalue weighted by Crippen LogP contribution is -2.36. The van der Waals surface area contributed by atoms with Crippen LogP contribution >= 0.6 is 0 Å². The van der Waals surface area contributed by atoms with Gasteiger partial charge in [-0.05, 0) is 49.9 Å². The number of H-pyrrole nitrogens is 1. The van der Waals surface area contributed by atoms with E-state index < -0.39 is 5.41 Å². The van der Waals surface area contributed by atoms with Crippen molar-refractivity contribution in [3.8, 4) is 0 Å². The number of benzene rings is 2. The van der Waals surface area contributed by atoms with Gasteiger partial charge >= 0.3 is 0 Å². The Bertz CT molecular complexity index is 988. The highest BCUT2D eigenvalue weighted by molar-refractivity contribution is 6.09. The van der Waals surface area contributed by atoms with Crippen LogP contribution in [0.3, 0.4) is 0 Å². The number of imidazole rings is 1. The largest absolute Gasteiger partial charge is 0.342 e. The van der Waals surface area contributed by atoms with Crippen LogP contribution in [0, 0.1) is 0 Å². The van der Waals surface area contributed by atoms with Gasteiger partial charge in [0.05, 0.1) is 22.1 Å². The zero-order chi connectivity index (χ0) is 19.7. The van der Waals surface area contributed by atoms with E-state index in [0.717, 1.165) is 66.8 Å². The molecule has 1 amide bonds. The molecular formula is C24H29N3O. The first-order chi connectivity index (χ1) is 13.5. The number of carbonyl (C=O) groups excluding carboxylic acids is 1. The monoisotopic (exact) mass is 375 g/mol. The van der Waals surface area contributed by atoms with Gasteiger partial charge in [0, 0.05) is 13.0 Å². The number of hydrogen-bond acceptors (Lipinski definition) is 2. The van der Waals surface area contributed by atoms with Crippen molar-refractivity contribution in [1.29, 1.82) is 0 Å². The van der Waals surface area contributed by atoms with Gasteiger partial charge < -0.3 is 9.88 Å². The molecule has 146 valence electrons. The lowest BCUT2D eigenvalue weighted by atomic mass is 9.86. The summed E-state index contributed by atoms with van der Waals surface area (Å²) >= 11 is 0. The minimum Gasteiger partial charge on any atom is -0.342 e. The Balaban J connectivity index is 1.62. The summed E-state index contributed by atoms with van der Waals surface area (Å²) in [5.41, 5.74) is 4.97. The summed E-state index contributed by atoms with van der Waals surface area (Å²) in [4.78, 5) is 23.3. The Morgan fingerprint density at radius 2 is 1.86 bits per heavy atom. The number of anilines is 1. The highest BCUT2D eigenvalue weighted by atomic mass is 16.2. The van der Waals surface area contributed by atoms with Gasteiger partial charge in [0.1, 0.15) is 5.82 Å². The van der Waals surface area contributed by atoms with Crippen molar-refractivity contribution in [1.82, 2.24) is 9.97 Å². The van der Waals surface area contributed by atoms with Gasteiger partial charge in [-0.1, -0.05) is 50.1 Å². The molecule has 2 aromatic carbocycles. The van der Waals surface area contributed by atoms with E-state index in [1.165, 1.54) is 5.56 Å². The number of carbonyl (C=O) groups is 1. The summed E-state index contributed by atoms with van der Waals surface area (Å²) < 4.78 is 0. The number of aromatic nitrogens is 2. The summed E-state index contributed by atoms with van der Waals surface area (Å²) in [6, 6.07) is 14.7. The van der Waals surface area contributed by atoms with E-state index in [4.69, 9.17) is 4.98 Å². The van der Waals surface area contributed by atoms with Crippen LogP contribution in [-0.2, 0) is 23.1 Å². The van der Waals surface area contributed by atoms with Crippen LogP contribution in [0.15, 0.2) is 42.5 Å². The quantitative estimate of drug-likeness (QED) is 0.580. The summed E-state index contributed by atoms with van der Waals surface area (Å²) in [7, 11) is 0. The topological polar surface area (TPSA) is 49.0 Å². The molecule has 0 unspecified atom stereocenters. The molecule has 0 radical (unpaired) electrons. The van der Waals surface area contributed by atoms with E-state index in [1.807, 2.05) is 24.8 Å². The van der Waals surface area contributed by atoms with Crippen LogP contribution in [0.5, 0.6) is 0 Å². The number of hydrogen-bond donors (Lipinski definition) is 1. The number of nitrogens with zero attached hydrogens (tertiary/aromatic N) is 2. The highest BCUT2D eigenvalue weighted by Crippen LogP contribution is 2.43. The number of fused-ring (bicyclic) bond motifs is 2. The first kappa shape index (κ1) is 18.7. The smallest absolute Gasteiger partial charge is 0.237 e. The zero-order valence-corrected chi connectivity index (χ0v) is 17.1. The number of amides is 1. The minimum absolute atomic E-state index is 0.204. The molecule has 1 aliphatic heterocycles. The molecule has 0 saturated heterocycles. The predicted octanol–water partition coefficient (Wildman–Crippen LogP) is 5.16. The molecule has 4 rings (SSSR count). The van der Waals surface area contributed by atoms with E-state index >= 15 is 0 Å². The molecule has 4 nitrogen and oxygen atoms in total. The molecule has 3 aromatic rings. The third-order valence-corrected chi connectivity index (χ3v) is 5.87. The van der Waals surface area contributed by atoms with E-state index in [9.17, 15) is 4.79 Å². The van der Waals surface area contributed by atoms with Gasteiger partial charge in [0.2, 0.25) is 5.91 Å². The molecule has 0 aliphatic carbocycles. The van der Waals surface area contributed by atoms with Crippen molar-refractivity contribution < 1.29 is 4.79 Å². The van der Waals surface area contributed by atoms with E-state index in [0.29, 0.717) is 0 Å². The lowest BCUT2D eigenvalue weighted by Gasteiger charge is -2.20. The van der Waals surface area contributed by atoms with Gasteiger partial charge in [-0.25, -0.2) is 4.98 Å². The van der Waals surface area contributed by atoms with Crippen molar-refractivity contribution >= 4 is 22.6 Å². The van der Waals surface area contributed by atoms with Crippen LogP contribution < -0.4 is 4.90 Å². The SMILES string of the molecule is CCCCCN1C(=O)C(C)(C)c2cc3[nH]c(CCc4ccccc4)nc3cc21. The third-order valence-electron chi connectivity index (χ3n) is 5.87. The van der Waals surface area contributed by atoms with Gasteiger partial charge in [0.25, 0.3) is 0 Å². The van der Waals surface area contributed by atoms with E-state index in [1.54, 1.807) is 0 Å². The van der Waals surface area contributed by atoms with Crippen molar-refractivity contribution in [3.63, 3.8) is 0 Å². The number of rotatable bonds is 7. The molecular weight excluding hydrogens is 346 g/mol. The predicted molar refractivity (Wildman–Crippen MR) is 115 cm³/mol. The summed E-state index contributed by atoms with van der Waals surface area (Å²) in [5.74, 6) is 1.21. The number of nitrogens with one attached hydrogen (secondary N) is 1. The molecule has 2 heterocycles. The molecule has 0 bridgehead atoms. The molecule has 0 fully saturated rings. The highest BCUT2D eigenvalue weighted by Gasteiger charge is 2.43. The summed E-state index contributed by atoms with van der Waals surface area (Å²) in [5, 5.41) is 0. The molecule has 0 atom stereocenters. The number of unbranched alkanes of at least 4 members (excludes halogenated alkanes) is 2. The fourth-order valence-corrected chi connectivity index (χ4v) is 4.15. The Morgan fingerprint density at radius 1 is 1.07 bits per heavy atom. The maximum absolute atomic E-state index is 13.0. The second kappa shape index (κ2) is 7.42. The van der Waals surface area contributed by atoms with Crippen molar-refractivity contribution in [2.75, 3.05) is 11.4 Å². The second-order valence-corrected chi connectivity index (χ2v) is 8.34. The first-order valence-corrected chi connectivity index (χ1v) is 10.4. The summed E-state index contributed by atoms with van der Waals surface area (Å²) in [6.07, 6.45) is 5.19. The van der Waals surface area contributed by atoms with Crippen LogP contribution in [0.2, 0.25) is 0 Å². The van der Waals surface area contributed by atoms with Gasteiger partial charge in [-0.3, -0.25) is 4.79 Å². The summed E-state index contributed by atoms with van der Waals surface area (Å²) in [6.45, 7) is 7.05. The molecule has 4 heteroatoms. The molecule has 28 heavy (non-hydrogen) atoms. The Kier molecular flexibility index (Phi) is 4.96. The van der Waals surface area contributed by atoms with E-state index in [2.05, 4.69) is 48.3 Å². The Labute approximate surface area is 167 Å². The molecule has 1 aromatic heterocycles.